The number of nitrogens with zero attached hydrogens (tertiary/aromatic N) is 1. The SMILES string of the molecule is COc1ccc(COc2ncc(Br)cc2F)cc1. The first-order valence-corrected chi connectivity index (χ1v) is 6.05. The maximum atomic E-state index is 13.4. The molecule has 94 valence electrons. The van der Waals surface area contributed by atoms with E-state index in [9.17, 15) is 4.39 Å². The monoisotopic (exact) mass is 311 g/mol. The van der Waals surface area contributed by atoms with E-state index in [1.54, 1.807) is 7.11 Å². The van der Waals surface area contributed by atoms with Crippen LogP contribution in [0.2, 0.25) is 0 Å². The van der Waals surface area contributed by atoms with E-state index in [0.29, 0.717) is 4.47 Å². The summed E-state index contributed by atoms with van der Waals surface area (Å²) in [6, 6.07) is 8.68. The summed E-state index contributed by atoms with van der Waals surface area (Å²) in [6.07, 6.45) is 1.49. The van der Waals surface area contributed by atoms with Gasteiger partial charge in [0.1, 0.15) is 12.4 Å². The average Bonchev–Trinajstić information content (AvgIpc) is 2.38. The minimum Gasteiger partial charge on any atom is -0.497 e. The molecule has 0 aliphatic carbocycles. The first-order chi connectivity index (χ1) is 8.69. The number of hydrogen-bond donors (Lipinski definition) is 0. The van der Waals surface area contributed by atoms with E-state index in [2.05, 4.69) is 20.9 Å². The molecule has 0 amide bonds. The van der Waals surface area contributed by atoms with Crippen LogP contribution in [0.3, 0.4) is 0 Å². The number of ether oxygens (including phenoxy) is 2. The lowest BCUT2D eigenvalue weighted by atomic mass is 10.2. The quantitative estimate of drug-likeness (QED) is 0.865. The summed E-state index contributed by atoms with van der Waals surface area (Å²) in [7, 11) is 1.60. The fraction of sp³-hybridized carbons (Fsp3) is 0.154. The highest BCUT2D eigenvalue weighted by Crippen LogP contribution is 2.19. The largest absolute Gasteiger partial charge is 0.497 e. The van der Waals surface area contributed by atoms with Crippen molar-refractivity contribution in [1.29, 1.82) is 0 Å². The number of pyridine rings is 1. The number of hydrogen-bond acceptors (Lipinski definition) is 3. The fourth-order valence-electron chi connectivity index (χ4n) is 1.38. The van der Waals surface area contributed by atoms with Crippen LogP contribution in [0.15, 0.2) is 41.0 Å². The smallest absolute Gasteiger partial charge is 0.250 e. The topological polar surface area (TPSA) is 31.4 Å². The van der Waals surface area contributed by atoms with Crippen LogP contribution in [0.1, 0.15) is 5.56 Å². The molecule has 0 unspecified atom stereocenters. The van der Waals surface area contributed by atoms with E-state index < -0.39 is 5.82 Å². The third-order valence-electron chi connectivity index (χ3n) is 2.31. The second-order valence-electron chi connectivity index (χ2n) is 3.58. The van der Waals surface area contributed by atoms with Crippen molar-refractivity contribution in [3.05, 3.63) is 52.4 Å². The predicted molar refractivity (Wildman–Crippen MR) is 69.2 cm³/mol. The van der Waals surface area contributed by atoms with Crippen LogP contribution >= 0.6 is 15.9 Å². The van der Waals surface area contributed by atoms with Gasteiger partial charge in [0.2, 0.25) is 0 Å². The van der Waals surface area contributed by atoms with E-state index in [1.165, 1.54) is 12.3 Å². The molecule has 2 aromatic rings. The van der Waals surface area contributed by atoms with Crippen LogP contribution in [-0.4, -0.2) is 12.1 Å². The van der Waals surface area contributed by atoms with Gasteiger partial charge in [0, 0.05) is 10.7 Å². The zero-order valence-electron chi connectivity index (χ0n) is 9.69. The summed E-state index contributed by atoms with van der Waals surface area (Å²) < 4.78 is 24.4. The lowest BCUT2D eigenvalue weighted by Crippen LogP contribution is -1.99. The average molecular weight is 312 g/mol. The van der Waals surface area contributed by atoms with Gasteiger partial charge in [-0.05, 0) is 39.7 Å². The van der Waals surface area contributed by atoms with Gasteiger partial charge < -0.3 is 9.47 Å². The molecule has 1 heterocycles. The zero-order valence-corrected chi connectivity index (χ0v) is 11.3. The third kappa shape index (κ3) is 3.20. The molecule has 0 atom stereocenters. The Morgan fingerprint density at radius 1 is 1.28 bits per heavy atom. The first-order valence-electron chi connectivity index (χ1n) is 5.26. The molecule has 0 aliphatic heterocycles. The lowest BCUT2D eigenvalue weighted by Gasteiger charge is -2.07. The van der Waals surface area contributed by atoms with Gasteiger partial charge in [-0.2, -0.15) is 0 Å². The summed E-state index contributed by atoms with van der Waals surface area (Å²) in [5, 5.41) is 0. The minimum atomic E-state index is -0.488. The molecule has 3 nitrogen and oxygen atoms in total. The molecule has 0 N–H and O–H groups in total. The molecule has 0 saturated heterocycles. The van der Waals surface area contributed by atoms with Gasteiger partial charge in [0.25, 0.3) is 5.88 Å². The molecule has 0 aliphatic rings. The maximum Gasteiger partial charge on any atom is 0.250 e. The highest BCUT2D eigenvalue weighted by Gasteiger charge is 2.06. The van der Waals surface area contributed by atoms with E-state index >= 15 is 0 Å². The lowest BCUT2D eigenvalue weighted by molar-refractivity contribution is 0.277. The molecule has 0 radical (unpaired) electrons. The number of methoxy groups -OCH3 is 1. The van der Waals surface area contributed by atoms with Crippen molar-refractivity contribution in [3.63, 3.8) is 0 Å². The molecule has 18 heavy (non-hydrogen) atoms. The van der Waals surface area contributed by atoms with Gasteiger partial charge in [-0.25, -0.2) is 9.37 Å². The Balaban J connectivity index is 2.02. The van der Waals surface area contributed by atoms with Crippen molar-refractivity contribution in [2.75, 3.05) is 7.11 Å². The Bertz CT molecular complexity index is 531. The van der Waals surface area contributed by atoms with Crippen LogP contribution in [0.25, 0.3) is 0 Å². The number of aromatic nitrogens is 1. The Labute approximate surface area is 113 Å². The van der Waals surface area contributed by atoms with Crippen LogP contribution in [-0.2, 0) is 6.61 Å². The van der Waals surface area contributed by atoms with Gasteiger partial charge in [0.05, 0.1) is 7.11 Å². The molecule has 0 fully saturated rings. The number of rotatable bonds is 4. The Morgan fingerprint density at radius 3 is 2.61 bits per heavy atom. The molecule has 0 spiro atoms. The number of halogens is 2. The van der Waals surface area contributed by atoms with Gasteiger partial charge in [-0.15, -0.1) is 0 Å². The molecular weight excluding hydrogens is 301 g/mol. The van der Waals surface area contributed by atoms with Crippen molar-refractivity contribution < 1.29 is 13.9 Å². The van der Waals surface area contributed by atoms with E-state index in [-0.39, 0.29) is 12.5 Å². The van der Waals surface area contributed by atoms with E-state index in [0.717, 1.165) is 11.3 Å². The second-order valence-corrected chi connectivity index (χ2v) is 4.49. The Hall–Kier alpha value is -1.62. The first kappa shape index (κ1) is 12.8. The van der Waals surface area contributed by atoms with Crippen molar-refractivity contribution in [2.24, 2.45) is 0 Å². The third-order valence-corrected chi connectivity index (χ3v) is 2.74. The highest BCUT2D eigenvalue weighted by atomic mass is 79.9. The molecule has 1 aromatic heterocycles. The van der Waals surface area contributed by atoms with Crippen molar-refractivity contribution in [1.82, 2.24) is 4.98 Å². The Morgan fingerprint density at radius 2 is 2.00 bits per heavy atom. The van der Waals surface area contributed by atoms with Crippen molar-refractivity contribution in [2.45, 2.75) is 6.61 Å². The van der Waals surface area contributed by atoms with Gasteiger partial charge >= 0.3 is 0 Å². The molecule has 5 heteroatoms. The summed E-state index contributed by atoms with van der Waals surface area (Å²) >= 11 is 3.14. The van der Waals surface area contributed by atoms with Gasteiger partial charge in [-0.3, -0.25) is 0 Å². The highest BCUT2D eigenvalue weighted by molar-refractivity contribution is 9.10. The van der Waals surface area contributed by atoms with E-state index in [4.69, 9.17) is 9.47 Å². The fourth-order valence-corrected chi connectivity index (χ4v) is 1.69. The maximum absolute atomic E-state index is 13.4. The summed E-state index contributed by atoms with van der Waals surface area (Å²) in [5.41, 5.74) is 0.917. The van der Waals surface area contributed by atoms with Crippen LogP contribution in [0.5, 0.6) is 11.6 Å². The molecule has 0 bridgehead atoms. The molecule has 0 saturated carbocycles. The van der Waals surface area contributed by atoms with Crippen LogP contribution in [0.4, 0.5) is 4.39 Å². The zero-order chi connectivity index (χ0) is 13.0. The summed E-state index contributed by atoms with van der Waals surface area (Å²) in [4.78, 5) is 3.86. The van der Waals surface area contributed by atoms with Gasteiger partial charge in [0.15, 0.2) is 5.82 Å². The Kier molecular flexibility index (Phi) is 4.15. The predicted octanol–water partition coefficient (Wildman–Crippen LogP) is 3.57. The van der Waals surface area contributed by atoms with Crippen molar-refractivity contribution in [3.8, 4) is 11.6 Å². The normalized spacial score (nSPS) is 10.2. The standard InChI is InChI=1S/C13H11BrFNO2/c1-17-11-4-2-9(3-5-11)8-18-13-12(15)6-10(14)7-16-13/h2-7H,8H2,1H3. The summed E-state index contributed by atoms with van der Waals surface area (Å²) in [5.74, 6) is 0.276. The summed E-state index contributed by atoms with van der Waals surface area (Å²) in [6.45, 7) is 0.259. The number of benzene rings is 1. The second kappa shape index (κ2) is 5.82. The molecule has 2 rings (SSSR count). The minimum absolute atomic E-state index is 0.00554. The molecule has 1 aromatic carbocycles. The van der Waals surface area contributed by atoms with Crippen molar-refractivity contribution >= 4 is 15.9 Å². The van der Waals surface area contributed by atoms with Crippen LogP contribution < -0.4 is 9.47 Å². The van der Waals surface area contributed by atoms with Crippen LogP contribution in [0, 0.1) is 5.82 Å². The molecular formula is C13H11BrFNO2. The van der Waals surface area contributed by atoms with E-state index in [1.807, 2.05) is 24.3 Å². The van der Waals surface area contributed by atoms with Gasteiger partial charge in [-0.1, -0.05) is 12.1 Å².